The minimum Gasteiger partial charge on any atom is -0.480 e. The fourth-order valence-corrected chi connectivity index (χ4v) is 4.46. The molecular weight excluding hydrogens is 475 g/mol. The van der Waals surface area contributed by atoms with Crippen LogP contribution < -0.4 is 5.32 Å². The summed E-state index contributed by atoms with van der Waals surface area (Å²) in [7, 11) is 0. The van der Waals surface area contributed by atoms with Crippen LogP contribution in [0.15, 0.2) is 36.7 Å². The van der Waals surface area contributed by atoms with Gasteiger partial charge < -0.3 is 20.4 Å². The van der Waals surface area contributed by atoms with Gasteiger partial charge in [-0.1, -0.05) is 6.07 Å². The van der Waals surface area contributed by atoms with E-state index in [2.05, 4.69) is 20.3 Å². The number of carboxylic acids is 1. The maximum absolute atomic E-state index is 12.9. The molecular formula is C21H18F3N5O4S. The first-order valence-electron chi connectivity index (χ1n) is 9.98. The minimum atomic E-state index is -4.60. The highest BCUT2D eigenvalue weighted by atomic mass is 32.1. The summed E-state index contributed by atoms with van der Waals surface area (Å²) in [5, 5.41) is 21.9. The second kappa shape index (κ2) is 8.99. The first-order valence-corrected chi connectivity index (χ1v) is 10.8. The molecule has 13 heteroatoms. The van der Waals surface area contributed by atoms with E-state index in [1.807, 2.05) is 0 Å². The topological polar surface area (TPSA) is 129 Å². The zero-order valence-corrected chi connectivity index (χ0v) is 18.4. The summed E-state index contributed by atoms with van der Waals surface area (Å²) in [6.45, 7) is 1.69. The van der Waals surface area contributed by atoms with Crippen LogP contribution in [0, 0.1) is 6.92 Å². The summed E-state index contributed by atoms with van der Waals surface area (Å²) in [5.74, 6) is -2.02. The van der Waals surface area contributed by atoms with Crippen molar-refractivity contribution in [3.05, 3.63) is 52.9 Å². The van der Waals surface area contributed by atoms with E-state index in [1.165, 1.54) is 6.20 Å². The number of aromatic nitrogens is 3. The van der Waals surface area contributed by atoms with Gasteiger partial charge in [-0.15, -0.1) is 11.3 Å². The van der Waals surface area contributed by atoms with E-state index in [0.29, 0.717) is 16.1 Å². The molecule has 3 heterocycles. The highest BCUT2D eigenvalue weighted by Crippen LogP contribution is 2.32. The molecule has 2 atom stereocenters. The van der Waals surface area contributed by atoms with E-state index in [0.717, 1.165) is 34.1 Å². The number of nitrogens with one attached hydrogen (secondary N) is 1. The summed E-state index contributed by atoms with van der Waals surface area (Å²) in [6, 6.07) is 4.80. The molecule has 34 heavy (non-hydrogen) atoms. The summed E-state index contributed by atoms with van der Waals surface area (Å²) in [4.78, 5) is 37.4. The monoisotopic (exact) mass is 493 g/mol. The van der Waals surface area contributed by atoms with Crippen LogP contribution in [0.25, 0.3) is 10.4 Å². The molecule has 1 aromatic carbocycles. The van der Waals surface area contributed by atoms with Crippen LogP contribution in [-0.4, -0.2) is 60.6 Å². The summed E-state index contributed by atoms with van der Waals surface area (Å²) >= 11 is 1.04. The molecule has 0 bridgehead atoms. The number of benzene rings is 1. The van der Waals surface area contributed by atoms with E-state index in [4.69, 9.17) is 0 Å². The number of aryl methyl sites for hydroxylation is 1. The Morgan fingerprint density at radius 2 is 2.00 bits per heavy atom. The predicted molar refractivity (Wildman–Crippen MR) is 116 cm³/mol. The van der Waals surface area contributed by atoms with Crippen LogP contribution in [-0.2, 0) is 11.0 Å². The first-order chi connectivity index (χ1) is 16.0. The number of aliphatic hydroxyl groups is 1. The number of aliphatic carboxylic acids is 1. The first kappa shape index (κ1) is 23.6. The largest absolute Gasteiger partial charge is 0.480 e. The van der Waals surface area contributed by atoms with Crippen molar-refractivity contribution in [1.29, 1.82) is 0 Å². The van der Waals surface area contributed by atoms with E-state index in [9.17, 15) is 33.0 Å². The van der Waals surface area contributed by atoms with E-state index >= 15 is 0 Å². The minimum absolute atomic E-state index is 0.0518. The molecule has 1 amide bonds. The summed E-state index contributed by atoms with van der Waals surface area (Å²) in [6.07, 6.45) is -3.11. The number of aliphatic hydroxyl groups excluding tert-OH is 1. The van der Waals surface area contributed by atoms with Crippen molar-refractivity contribution in [2.45, 2.75) is 31.7 Å². The van der Waals surface area contributed by atoms with Crippen molar-refractivity contribution in [2.24, 2.45) is 0 Å². The van der Waals surface area contributed by atoms with Crippen LogP contribution in [0.3, 0.4) is 0 Å². The lowest BCUT2D eigenvalue weighted by Crippen LogP contribution is -2.40. The number of carboxylic acid groups (broad SMARTS) is 1. The van der Waals surface area contributed by atoms with Crippen molar-refractivity contribution in [2.75, 3.05) is 11.9 Å². The normalized spacial score (nSPS) is 18.2. The van der Waals surface area contributed by atoms with Crippen molar-refractivity contribution >= 4 is 34.8 Å². The number of likely N-dealkylation sites (tertiary alicyclic amines) is 1. The number of thiazole rings is 1. The molecule has 9 nitrogen and oxygen atoms in total. The van der Waals surface area contributed by atoms with Gasteiger partial charge in [-0.05, 0) is 36.2 Å². The van der Waals surface area contributed by atoms with Crippen LogP contribution in [0.4, 0.5) is 24.8 Å². The SMILES string of the molecule is Cc1cc(Nc2nccc(C(F)(F)F)n2)cc(-c2cnc(C(=O)N3CC(O)C[C@H]3C(=O)O)s2)c1. The molecule has 1 fully saturated rings. The van der Waals surface area contributed by atoms with Crippen LogP contribution in [0.1, 0.15) is 27.5 Å². The Kier molecular flexibility index (Phi) is 6.23. The molecule has 178 valence electrons. The molecule has 3 aromatic rings. The molecule has 0 radical (unpaired) electrons. The number of alkyl halides is 3. The lowest BCUT2D eigenvalue weighted by atomic mass is 10.1. The molecule has 1 aliphatic rings. The van der Waals surface area contributed by atoms with Crippen molar-refractivity contribution in [3.8, 4) is 10.4 Å². The number of halogens is 3. The number of nitrogens with zero attached hydrogens (tertiary/aromatic N) is 4. The zero-order chi connectivity index (χ0) is 24.6. The van der Waals surface area contributed by atoms with Gasteiger partial charge in [-0.25, -0.2) is 19.7 Å². The molecule has 0 spiro atoms. The lowest BCUT2D eigenvalue weighted by molar-refractivity contribution is -0.142. The highest BCUT2D eigenvalue weighted by Gasteiger charge is 2.40. The Morgan fingerprint density at radius 3 is 2.71 bits per heavy atom. The van der Waals surface area contributed by atoms with Gasteiger partial charge in [-0.3, -0.25) is 4.79 Å². The van der Waals surface area contributed by atoms with Gasteiger partial charge in [0, 0.05) is 31.0 Å². The molecule has 1 aliphatic heterocycles. The maximum atomic E-state index is 12.9. The summed E-state index contributed by atoms with van der Waals surface area (Å²) < 4.78 is 38.8. The van der Waals surface area contributed by atoms with E-state index in [1.54, 1.807) is 25.1 Å². The number of β-amino-alcohol motifs (C(OH)–C–C–N with tert-alkyl or cyclic N) is 1. The predicted octanol–water partition coefficient (Wildman–Crippen LogP) is 3.33. The Hall–Kier alpha value is -3.58. The van der Waals surface area contributed by atoms with Gasteiger partial charge in [-0.2, -0.15) is 13.2 Å². The Balaban J connectivity index is 1.57. The third-order valence-electron chi connectivity index (χ3n) is 5.08. The average Bonchev–Trinajstić information content (AvgIpc) is 3.40. The number of carbonyl (C=O) groups is 2. The van der Waals surface area contributed by atoms with Gasteiger partial charge in [0.05, 0.1) is 11.0 Å². The Bertz CT molecular complexity index is 1250. The van der Waals surface area contributed by atoms with Gasteiger partial charge in [0.15, 0.2) is 5.01 Å². The van der Waals surface area contributed by atoms with Crippen LogP contribution in [0.5, 0.6) is 0 Å². The van der Waals surface area contributed by atoms with Crippen molar-refractivity contribution in [3.63, 3.8) is 0 Å². The third-order valence-corrected chi connectivity index (χ3v) is 6.11. The quantitative estimate of drug-likeness (QED) is 0.494. The van der Waals surface area contributed by atoms with Crippen molar-refractivity contribution in [1.82, 2.24) is 19.9 Å². The lowest BCUT2D eigenvalue weighted by Gasteiger charge is -2.19. The second-order valence-corrected chi connectivity index (χ2v) is 8.74. The Morgan fingerprint density at radius 1 is 1.24 bits per heavy atom. The standard InChI is InChI=1S/C21H18F3N5O4S/c1-10-4-11(6-12(5-10)27-20-25-3-2-16(28-20)21(22,23)24)15-8-26-17(34-15)18(31)29-9-13(30)7-14(29)19(32)33/h2-6,8,13-14,30H,7,9H2,1H3,(H,32,33)(H,25,27,28)/t13?,14-/m0/s1. The smallest absolute Gasteiger partial charge is 0.433 e. The molecule has 2 aromatic heterocycles. The van der Waals surface area contributed by atoms with Gasteiger partial charge in [0.1, 0.15) is 11.7 Å². The fraction of sp³-hybridized carbons (Fsp3) is 0.286. The average molecular weight is 493 g/mol. The molecule has 0 saturated carbocycles. The van der Waals surface area contributed by atoms with Gasteiger partial charge in [0.2, 0.25) is 5.95 Å². The third kappa shape index (κ3) is 4.99. The molecule has 1 unspecified atom stereocenters. The number of anilines is 2. The number of hydrogen-bond acceptors (Lipinski definition) is 8. The molecule has 3 N–H and O–H groups in total. The molecule has 4 rings (SSSR count). The maximum Gasteiger partial charge on any atom is 0.433 e. The van der Waals surface area contributed by atoms with E-state index in [-0.39, 0.29) is 23.9 Å². The fourth-order valence-electron chi connectivity index (χ4n) is 3.61. The number of carbonyl (C=O) groups excluding carboxylic acids is 1. The molecule has 1 saturated heterocycles. The van der Waals surface area contributed by atoms with E-state index < -0.39 is 35.9 Å². The van der Waals surface area contributed by atoms with Crippen molar-refractivity contribution < 1.29 is 33.0 Å². The second-order valence-electron chi connectivity index (χ2n) is 7.71. The highest BCUT2D eigenvalue weighted by molar-refractivity contribution is 7.17. The number of rotatable bonds is 5. The van der Waals surface area contributed by atoms with Crippen LogP contribution in [0.2, 0.25) is 0 Å². The number of amides is 1. The molecule has 0 aliphatic carbocycles. The van der Waals surface area contributed by atoms with Gasteiger partial charge >= 0.3 is 12.1 Å². The van der Waals surface area contributed by atoms with Gasteiger partial charge in [0.25, 0.3) is 5.91 Å². The Labute approximate surface area is 194 Å². The summed E-state index contributed by atoms with van der Waals surface area (Å²) in [5.41, 5.74) is 0.781. The number of hydrogen-bond donors (Lipinski definition) is 3. The zero-order valence-electron chi connectivity index (χ0n) is 17.6. The van der Waals surface area contributed by atoms with Crippen LogP contribution >= 0.6 is 11.3 Å².